The van der Waals surface area contributed by atoms with Gasteiger partial charge in [-0.1, -0.05) is 71.9 Å². The second kappa shape index (κ2) is 8.63. The van der Waals surface area contributed by atoms with Gasteiger partial charge < -0.3 is 9.72 Å². The van der Waals surface area contributed by atoms with E-state index in [-0.39, 0.29) is 23.9 Å². The normalized spacial score (nSPS) is 10.9. The van der Waals surface area contributed by atoms with Gasteiger partial charge in [0.2, 0.25) is 0 Å². The van der Waals surface area contributed by atoms with Crippen LogP contribution in [0.15, 0.2) is 69.9 Å². The van der Waals surface area contributed by atoms with Gasteiger partial charge >= 0.3 is 5.97 Å². The standard InChI is InChI=1S/C22H18N2O3S2/c1-14-7-9-16(10-8-14)17-12-28-21-19(17)20(26)23-22(24-21)29-13-18(25)27-11-15-5-3-2-4-6-15/h2-10,12H,11,13H2,1H3,(H,23,24,26). The van der Waals surface area contributed by atoms with Crippen LogP contribution in [-0.2, 0) is 16.1 Å². The summed E-state index contributed by atoms with van der Waals surface area (Å²) >= 11 is 2.59. The highest BCUT2D eigenvalue weighted by molar-refractivity contribution is 7.99. The molecule has 0 unspecified atom stereocenters. The fourth-order valence-electron chi connectivity index (χ4n) is 2.85. The molecule has 0 aliphatic rings. The predicted molar refractivity (Wildman–Crippen MR) is 117 cm³/mol. The minimum Gasteiger partial charge on any atom is -0.460 e. The van der Waals surface area contributed by atoms with Crippen molar-refractivity contribution in [3.63, 3.8) is 0 Å². The van der Waals surface area contributed by atoms with Crippen molar-refractivity contribution >= 4 is 39.3 Å². The molecule has 0 spiro atoms. The number of aromatic amines is 1. The molecule has 2 aromatic carbocycles. The van der Waals surface area contributed by atoms with E-state index in [4.69, 9.17) is 4.74 Å². The average molecular weight is 423 g/mol. The Hall–Kier alpha value is -2.90. The number of esters is 1. The molecule has 2 heterocycles. The summed E-state index contributed by atoms with van der Waals surface area (Å²) in [6.07, 6.45) is 0. The lowest BCUT2D eigenvalue weighted by Crippen LogP contribution is -2.11. The molecule has 1 N–H and O–H groups in total. The third-order valence-electron chi connectivity index (χ3n) is 4.35. The van der Waals surface area contributed by atoms with E-state index in [1.807, 2.05) is 66.9 Å². The molecular formula is C22H18N2O3S2. The van der Waals surface area contributed by atoms with Crippen molar-refractivity contribution in [3.05, 3.63) is 81.5 Å². The number of aryl methyl sites for hydroxylation is 1. The van der Waals surface area contributed by atoms with Gasteiger partial charge in [0.1, 0.15) is 11.4 Å². The van der Waals surface area contributed by atoms with Crippen molar-refractivity contribution in [1.29, 1.82) is 0 Å². The second-order valence-electron chi connectivity index (χ2n) is 6.50. The lowest BCUT2D eigenvalue weighted by molar-refractivity contribution is -0.141. The molecule has 2 aromatic heterocycles. The SMILES string of the molecule is Cc1ccc(-c2csc3nc(SCC(=O)OCc4ccccc4)[nH]c(=O)c23)cc1. The molecule has 4 aromatic rings. The van der Waals surface area contributed by atoms with E-state index < -0.39 is 0 Å². The highest BCUT2D eigenvalue weighted by Crippen LogP contribution is 2.31. The Morgan fingerprint density at radius 3 is 2.66 bits per heavy atom. The number of carbonyl (C=O) groups is 1. The van der Waals surface area contributed by atoms with E-state index in [0.717, 1.165) is 22.3 Å². The largest absolute Gasteiger partial charge is 0.460 e. The highest BCUT2D eigenvalue weighted by Gasteiger charge is 2.14. The Kier molecular flexibility index (Phi) is 5.78. The molecule has 0 fully saturated rings. The van der Waals surface area contributed by atoms with Gasteiger partial charge in [0.15, 0.2) is 5.16 Å². The molecule has 5 nitrogen and oxygen atoms in total. The number of rotatable bonds is 6. The van der Waals surface area contributed by atoms with Crippen LogP contribution in [0.4, 0.5) is 0 Å². The van der Waals surface area contributed by atoms with E-state index in [1.165, 1.54) is 23.1 Å². The maximum atomic E-state index is 12.7. The fourth-order valence-corrected chi connectivity index (χ4v) is 4.51. The molecule has 0 saturated heterocycles. The van der Waals surface area contributed by atoms with Gasteiger partial charge in [-0.05, 0) is 18.1 Å². The van der Waals surface area contributed by atoms with Crippen LogP contribution in [0.2, 0.25) is 0 Å². The van der Waals surface area contributed by atoms with Crippen molar-refractivity contribution < 1.29 is 9.53 Å². The summed E-state index contributed by atoms with van der Waals surface area (Å²) in [6, 6.07) is 17.5. The molecule has 146 valence electrons. The molecular weight excluding hydrogens is 404 g/mol. The van der Waals surface area contributed by atoms with Gasteiger partial charge in [0.05, 0.1) is 11.1 Å². The smallest absolute Gasteiger partial charge is 0.316 e. The Morgan fingerprint density at radius 2 is 1.90 bits per heavy atom. The zero-order chi connectivity index (χ0) is 20.2. The number of nitrogens with zero attached hydrogens (tertiary/aromatic N) is 1. The summed E-state index contributed by atoms with van der Waals surface area (Å²) in [4.78, 5) is 32.6. The number of hydrogen-bond donors (Lipinski definition) is 1. The topological polar surface area (TPSA) is 72.0 Å². The van der Waals surface area contributed by atoms with Crippen molar-refractivity contribution in [2.75, 3.05) is 5.75 Å². The number of hydrogen-bond acceptors (Lipinski definition) is 6. The Labute approximate surface area is 175 Å². The van der Waals surface area contributed by atoms with E-state index in [1.54, 1.807) is 0 Å². The van der Waals surface area contributed by atoms with Gasteiger partial charge in [-0.3, -0.25) is 9.59 Å². The van der Waals surface area contributed by atoms with E-state index >= 15 is 0 Å². The average Bonchev–Trinajstić information content (AvgIpc) is 3.17. The van der Waals surface area contributed by atoms with Gasteiger partial charge in [-0.25, -0.2) is 4.98 Å². The van der Waals surface area contributed by atoms with Crippen LogP contribution in [0.25, 0.3) is 21.3 Å². The molecule has 0 amide bonds. The predicted octanol–water partition coefficient (Wildman–Crippen LogP) is 4.80. The first-order valence-corrected chi connectivity index (χ1v) is 10.9. The van der Waals surface area contributed by atoms with Gasteiger partial charge in [-0.15, -0.1) is 11.3 Å². The fraction of sp³-hybridized carbons (Fsp3) is 0.136. The lowest BCUT2D eigenvalue weighted by Gasteiger charge is -2.05. The first kappa shape index (κ1) is 19.4. The van der Waals surface area contributed by atoms with Crippen LogP contribution >= 0.6 is 23.1 Å². The molecule has 4 rings (SSSR count). The molecule has 0 bridgehead atoms. The monoisotopic (exact) mass is 422 g/mol. The summed E-state index contributed by atoms with van der Waals surface area (Å²) in [7, 11) is 0. The number of carbonyl (C=O) groups excluding carboxylic acids is 1. The van der Waals surface area contributed by atoms with Gasteiger partial charge in [-0.2, -0.15) is 0 Å². The molecule has 0 aliphatic carbocycles. The Balaban J connectivity index is 1.46. The van der Waals surface area contributed by atoms with Crippen LogP contribution in [0, 0.1) is 6.92 Å². The summed E-state index contributed by atoms with van der Waals surface area (Å²) < 4.78 is 5.26. The van der Waals surface area contributed by atoms with Crippen LogP contribution in [0.1, 0.15) is 11.1 Å². The van der Waals surface area contributed by atoms with Crippen molar-refractivity contribution in [2.45, 2.75) is 18.7 Å². The second-order valence-corrected chi connectivity index (χ2v) is 8.32. The third kappa shape index (κ3) is 4.58. The minimum absolute atomic E-state index is 0.0808. The Bertz CT molecular complexity index is 1200. The minimum atomic E-state index is -0.354. The van der Waals surface area contributed by atoms with Crippen LogP contribution in [0.5, 0.6) is 0 Å². The first-order chi connectivity index (χ1) is 14.1. The maximum absolute atomic E-state index is 12.7. The maximum Gasteiger partial charge on any atom is 0.316 e. The molecule has 0 atom stereocenters. The van der Waals surface area contributed by atoms with Crippen LogP contribution < -0.4 is 5.56 Å². The molecule has 0 radical (unpaired) electrons. The summed E-state index contributed by atoms with van der Waals surface area (Å²) in [6.45, 7) is 2.26. The number of fused-ring (bicyclic) bond motifs is 1. The van der Waals surface area contributed by atoms with Crippen molar-refractivity contribution in [2.24, 2.45) is 0 Å². The first-order valence-electron chi connectivity index (χ1n) is 9.01. The number of thiophene rings is 1. The number of ether oxygens (including phenoxy) is 1. The van der Waals surface area contributed by atoms with Crippen LogP contribution in [0.3, 0.4) is 0 Å². The van der Waals surface area contributed by atoms with Gasteiger partial charge in [0, 0.05) is 10.9 Å². The third-order valence-corrected chi connectivity index (χ3v) is 6.07. The molecule has 0 aliphatic heterocycles. The molecule has 0 saturated carbocycles. The molecule has 7 heteroatoms. The quantitative estimate of drug-likeness (QED) is 0.275. The van der Waals surface area contributed by atoms with E-state index in [9.17, 15) is 9.59 Å². The summed E-state index contributed by atoms with van der Waals surface area (Å²) in [5.41, 5.74) is 3.75. The van der Waals surface area contributed by atoms with Crippen molar-refractivity contribution in [3.8, 4) is 11.1 Å². The van der Waals surface area contributed by atoms with E-state index in [0.29, 0.717) is 15.4 Å². The van der Waals surface area contributed by atoms with Crippen LogP contribution in [-0.4, -0.2) is 21.7 Å². The van der Waals surface area contributed by atoms with E-state index in [2.05, 4.69) is 9.97 Å². The number of nitrogens with one attached hydrogen (secondary N) is 1. The zero-order valence-corrected chi connectivity index (χ0v) is 17.3. The van der Waals surface area contributed by atoms with Gasteiger partial charge in [0.25, 0.3) is 5.56 Å². The summed E-state index contributed by atoms with van der Waals surface area (Å²) in [5.74, 6) is -0.273. The molecule has 29 heavy (non-hydrogen) atoms. The number of H-pyrrole nitrogens is 1. The number of thioether (sulfide) groups is 1. The lowest BCUT2D eigenvalue weighted by atomic mass is 10.1. The number of aromatic nitrogens is 2. The number of benzene rings is 2. The highest BCUT2D eigenvalue weighted by atomic mass is 32.2. The Morgan fingerprint density at radius 1 is 1.14 bits per heavy atom. The van der Waals surface area contributed by atoms with Crippen molar-refractivity contribution in [1.82, 2.24) is 9.97 Å². The zero-order valence-electron chi connectivity index (χ0n) is 15.7. The summed E-state index contributed by atoms with van der Waals surface area (Å²) in [5, 5.41) is 2.94.